The van der Waals surface area contributed by atoms with E-state index in [1.807, 2.05) is 0 Å². The van der Waals surface area contributed by atoms with Crippen molar-refractivity contribution in [3.05, 3.63) is 0 Å². The van der Waals surface area contributed by atoms with Gasteiger partial charge in [-0.2, -0.15) is 0 Å². The number of hydrogen-bond acceptors (Lipinski definition) is 1. The minimum absolute atomic E-state index is 0.487. The number of nitrogens with two attached hydrogens (primary N) is 1. The zero-order valence-electron chi connectivity index (χ0n) is 14.6. The molecule has 0 atom stereocenters. The monoisotopic (exact) mass is 281 g/mol. The van der Waals surface area contributed by atoms with E-state index in [0.717, 1.165) is 12.5 Å². The van der Waals surface area contributed by atoms with Gasteiger partial charge >= 0.3 is 0 Å². The summed E-state index contributed by atoms with van der Waals surface area (Å²) in [6, 6.07) is 0. The molecule has 0 spiro atoms. The van der Waals surface area contributed by atoms with Crippen LogP contribution in [0.5, 0.6) is 0 Å². The molecule has 1 rings (SSSR count). The van der Waals surface area contributed by atoms with Gasteiger partial charge in [-0.1, -0.05) is 66.2 Å². The lowest BCUT2D eigenvalue weighted by molar-refractivity contribution is 0.0841. The second-order valence-corrected chi connectivity index (χ2v) is 8.36. The fourth-order valence-corrected chi connectivity index (χ4v) is 3.93. The summed E-state index contributed by atoms with van der Waals surface area (Å²) in [7, 11) is 0. The standard InChI is InChI=1S/C19H39N/c1-5-6-7-8-9-10-13-19(16-20)14-11-17(12-15-19)18(2,3)4/h17H,5-16,20H2,1-4H3. The van der Waals surface area contributed by atoms with Crippen LogP contribution in [0.1, 0.15) is 98.3 Å². The van der Waals surface area contributed by atoms with E-state index in [9.17, 15) is 0 Å². The number of rotatable bonds is 8. The molecule has 2 N–H and O–H groups in total. The number of hydrogen-bond donors (Lipinski definition) is 1. The molecular formula is C19H39N. The molecule has 0 aromatic carbocycles. The molecule has 0 bridgehead atoms. The van der Waals surface area contributed by atoms with Crippen molar-refractivity contribution in [3.8, 4) is 0 Å². The second kappa shape index (κ2) is 8.41. The van der Waals surface area contributed by atoms with Crippen LogP contribution in [-0.4, -0.2) is 6.54 Å². The molecule has 1 nitrogen and oxygen atoms in total. The summed E-state index contributed by atoms with van der Waals surface area (Å²) in [4.78, 5) is 0. The lowest BCUT2D eigenvalue weighted by Gasteiger charge is -2.44. The van der Waals surface area contributed by atoms with Gasteiger partial charge in [0.25, 0.3) is 0 Å². The normalized spacial score (nSPS) is 27.8. The summed E-state index contributed by atoms with van der Waals surface area (Å²) >= 11 is 0. The van der Waals surface area contributed by atoms with Gasteiger partial charge in [0.15, 0.2) is 0 Å². The van der Waals surface area contributed by atoms with Gasteiger partial charge in [-0.15, -0.1) is 0 Å². The lowest BCUT2D eigenvalue weighted by atomic mass is 9.62. The van der Waals surface area contributed by atoms with E-state index in [2.05, 4.69) is 27.7 Å². The molecule has 120 valence electrons. The molecule has 1 fully saturated rings. The van der Waals surface area contributed by atoms with Gasteiger partial charge in [0.2, 0.25) is 0 Å². The van der Waals surface area contributed by atoms with Crippen molar-refractivity contribution in [2.24, 2.45) is 22.5 Å². The predicted molar refractivity (Wildman–Crippen MR) is 90.9 cm³/mol. The van der Waals surface area contributed by atoms with Crippen LogP contribution in [0.25, 0.3) is 0 Å². The summed E-state index contributed by atoms with van der Waals surface area (Å²) in [5, 5.41) is 0. The smallest absolute Gasteiger partial charge is 0.00205 e. The molecule has 20 heavy (non-hydrogen) atoms. The third-order valence-corrected chi connectivity index (χ3v) is 5.76. The zero-order chi connectivity index (χ0) is 15.1. The molecule has 0 aromatic rings. The SMILES string of the molecule is CCCCCCCCC1(CN)CCC(C(C)(C)C)CC1. The highest BCUT2D eigenvalue weighted by Gasteiger charge is 2.37. The highest BCUT2D eigenvalue weighted by molar-refractivity contribution is 4.89. The van der Waals surface area contributed by atoms with Crippen molar-refractivity contribution in [1.29, 1.82) is 0 Å². The molecule has 1 aliphatic rings. The number of unbranched alkanes of at least 4 members (excludes halogenated alkanes) is 5. The molecule has 0 amide bonds. The van der Waals surface area contributed by atoms with Crippen LogP contribution in [0.3, 0.4) is 0 Å². The lowest BCUT2D eigenvalue weighted by Crippen LogP contribution is -2.37. The van der Waals surface area contributed by atoms with Gasteiger partial charge in [-0.3, -0.25) is 0 Å². The van der Waals surface area contributed by atoms with Crippen LogP contribution < -0.4 is 5.73 Å². The maximum atomic E-state index is 6.16. The molecule has 0 aromatic heterocycles. The summed E-state index contributed by atoms with van der Waals surface area (Å²) in [5.74, 6) is 0.909. The minimum Gasteiger partial charge on any atom is -0.330 e. The average Bonchev–Trinajstić information content (AvgIpc) is 2.42. The Morgan fingerprint density at radius 3 is 2.00 bits per heavy atom. The summed E-state index contributed by atoms with van der Waals surface area (Å²) in [6.45, 7) is 10.4. The summed E-state index contributed by atoms with van der Waals surface area (Å²) in [5.41, 5.74) is 7.13. The molecule has 0 saturated heterocycles. The highest BCUT2D eigenvalue weighted by atomic mass is 14.6. The average molecular weight is 282 g/mol. The first-order chi connectivity index (χ1) is 9.43. The van der Waals surface area contributed by atoms with E-state index in [-0.39, 0.29) is 0 Å². The van der Waals surface area contributed by atoms with Crippen molar-refractivity contribution >= 4 is 0 Å². The van der Waals surface area contributed by atoms with E-state index in [0.29, 0.717) is 10.8 Å². The maximum Gasteiger partial charge on any atom is -0.00205 e. The van der Waals surface area contributed by atoms with Gasteiger partial charge in [0.05, 0.1) is 0 Å². The Hall–Kier alpha value is -0.0400. The van der Waals surface area contributed by atoms with Gasteiger partial charge in [-0.25, -0.2) is 0 Å². The molecular weight excluding hydrogens is 242 g/mol. The van der Waals surface area contributed by atoms with E-state index < -0.39 is 0 Å². The Bertz CT molecular complexity index is 243. The van der Waals surface area contributed by atoms with E-state index >= 15 is 0 Å². The van der Waals surface area contributed by atoms with Gasteiger partial charge < -0.3 is 5.73 Å². The van der Waals surface area contributed by atoms with Crippen molar-refractivity contribution in [2.45, 2.75) is 98.3 Å². The first-order valence-corrected chi connectivity index (χ1v) is 9.13. The topological polar surface area (TPSA) is 26.0 Å². The van der Waals surface area contributed by atoms with E-state index in [1.165, 1.54) is 70.6 Å². The first kappa shape index (κ1) is 18.0. The Morgan fingerprint density at radius 2 is 1.50 bits per heavy atom. The van der Waals surface area contributed by atoms with Crippen LogP contribution in [0.2, 0.25) is 0 Å². The molecule has 0 aliphatic heterocycles. The predicted octanol–water partition coefficient (Wildman–Crippen LogP) is 5.92. The molecule has 1 heteroatoms. The maximum absolute atomic E-state index is 6.16. The van der Waals surface area contributed by atoms with Crippen LogP contribution in [0.15, 0.2) is 0 Å². The summed E-state index contributed by atoms with van der Waals surface area (Å²) in [6.07, 6.45) is 15.4. The first-order valence-electron chi connectivity index (χ1n) is 9.13. The largest absolute Gasteiger partial charge is 0.330 e. The quantitative estimate of drug-likeness (QED) is 0.549. The van der Waals surface area contributed by atoms with Gasteiger partial charge in [-0.05, 0) is 55.4 Å². The molecule has 1 aliphatic carbocycles. The zero-order valence-corrected chi connectivity index (χ0v) is 14.6. The Labute approximate surface area is 128 Å². The van der Waals surface area contributed by atoms with E-state index in [4.69, 9.17) is 5.73 Å². The fourth-order valence-electron chi connectivity index (χ4n) is 3.93. The van der Waals surface area contributed by atoms with Crippen molar-refractivity contribution < 1.29 is 0 Å². The van der Waals surface area contributed by atoms with Crippen LogP contribution in [0.4, 0.5) is 0 Å². The Kier molecular flexibility index (Phi) is 7.58. The summed E-state index contributed by atoms with van der Waals surface area (Å²) < 4.78 is 0. The van der Waals surface area contributed by atoms with Crippen LogP contribution >= 0.6 is 0 Å². The molecule has 0 radical (unpaired) electrons. The molecule has 0 heterocycles. The molecule has 1 saturated carbocycles. The molecule has 0 unspecified atom stereocenters. The second-order valence-electron chi connectivity index (χ2n) is 8.36. The fraction of sp³-hybridized carbons (Fsp3) is 1.00. The van der Waals surface area contributed by atoms with Crippen LogP contribution in [0, 0.1) is 16.7 Å². The van der Waals surface area contributed by atoms with Crippen molar-refractivity contribution in [1.82, 2.24) is 0 Å². The van der Waals surface area contributed by atoms with Gasteiger partial charge in [0.1, 0.15) is 0 Å². The minimum atomic E-state index is 0.487. The third kappa shape index (κ3) is 5.76. The Morgan fingerprint density at radius 1 is 0.950 bits per heavy atom. The highest BCUT2D eigenvalue weighted by Crippen LogP contribution is 2.47. The third-order valence-electron chi connectivity index (χ3n) is 5.76. The Balaban J connectivity index is 2.28. The van der Waals surface area contributed by atoms with E-state index in [1.54, 1.807) is 0 Å². The van der Waals surface area contributed by atoms with Gasteiger partial charge in [0, 0.05) is 0 Å². The van der Waals surface area contributed by atoms with Crippen LogP contribution in [-0.2, 0) is 0 Å². The van der Waals surface area contributed by atoms with Crippen molar-refractivity contribution in [3.63, 3.8) is 0 Å². The van der Waals surface area contributed by atoms with Crippen molar-refractivity contribution in [2.75, 3.05) is 6.54 Å².